The summed E-state index contributed by atoms with van der Waals surface area (Å²) >= 11 is 0. The summed E-state index contributed by atoms with van der Waals surface area (Å²) in [6.07, 6.45) is 4.37. The molecule has 1 heteroatoms. The van der Waals surface area contributed by atoms with E-state index in [0.29, 0.717) is 5.75 Å². The van der Waals surface area contributed by atoms with Crippen molar-refractivity contribution in [2.45, 2.75) is 47.5 Å². The van der Waals surface area contributed by atoms with E-state index in [1.165, 1.54) is 12.8 Å². The molecule has 0 atom stereocenters. The summed E-state index contributed by atoms with van der Waals surface area (Å²) in [4.78, 5) is 0. The summed E-state index contributed by atoms with van der Waals surface area (Å²) in [5, 5.41) is 9.02. The Morgan fingerprint density at radius 3 is 2.00 bits per heavy atom. The molecule has 0 heterocycles. The maximum absolute atomic E-state index is 9.02. The third-order valence-electron chi connectivity index (χ3n) is 1.98. The molecule has 16 heavy (non-hydrogen) atoms. The van der Waals surface area contributed by atoms with Crippen LogP contribution in [0.25, 0.3) is 6.08 Å². The van der Waals surface area contributed by atoms with Crippen molar-refractivity contribution in [2.24, 2.45) is 0 Å². The topological polar surface area (TPSA) is 20.2 Å². The van der Waals surface area contributed by atoms with Crippen LogP contribution in [0.5, 0.6) is 5.75 Å². The second-order valence-corrected chi connectivity index (χ2v) is 3.25. The molecule has 1 rings (SSSR count). The van der Waals surface area contributed by atoms with E-state index in [1.54, 1.807) is 18.2 Å². The van der Waals surface area contributed by atoms with Crippen LogP contribution in [-0.2, 0) is 0 Å². The van der Waals surface area contributed by atoms with Crippen molar-refractivity contribution >= 4 is 6.08 Å². The van der Waals surface area contributed by atoms with Crippen LogP contribution in [0.4, 0.5) is 0 Å². The van der Waals surface area contributed by atoms with Crippen LogP contribution >= 0.6 is 0 Å². The van der Waals surface area contributed by atoms with Gasteiger partial charge in [0.05, 0.1) is 0 Å². The summed E-state index contributed by atoms with van der Waals surface area (Å²) in [7, 11) is 0. The second-order valence-electron chi connectivity index (χ2n) is 3.25. The number of unbranched alkanes of at least 4 members (excludes halogenated alkanes) is 1. The number of phenols is 1. The number of aryl methyl sites for hydroxylation is 1. The zero-order valence-corrected chi connectivity index (χ0v) is 11.4. The number of hydrogen-bond donors (Lipinski definition) is 1. The van der Waals surface area contributed by atoms with E-state index in [-0.39, 0.29) is 0 Å². The standard InChI is InChI=1S/C9H10O.C4H10.C2H6/c1-3-8-6-9(10)5-4-7(8)2;1-3-4-2;1-2/h3-6,10H,1H2,2H3;3-4H2,1-2H3;1-2H3. The highest BCUT2D eigenvalue weighted by atomic mass is 16.3. The van der Waals surface area contributed by atoms with Gasteiger partial charge in [-0.25, -0.2) is 0 Å². The molecule has 0 bridgehead atoms. The molecule has 0 aromatic heterocycles. The molecule has 0 amide bonds. The van der Waals surface area contributed by atoms with Crippen molar-refractivity contribution in [2.75, 3.05) is 0 Å². The van der Waals surface area contributed by atoms with Crippen LogP contribution in [-0.4, -0.2) is 5.11 Å². The fourth-order valence-corrected chi connectivity index (χ4v) is 0.848. The summed E-state index contributed by atoms with van der Waals surface area (Å²) in [6, 6.07) is 5.23. The minimum atomic E-state index is 0.292. The van der Waals surface area contributed by atoms with E-state index in [4.69, 9.17) is 5.11 Å². The van der Waals surface area contributed by atoms with E-state index < -0.39 is 0 Å². The third-order valence-corrected chi connectivity index (χ3v) is 1.98. The average Bonchev–Trinajstić information content (AvgIpc) is 2.35. The van der Waals surface area contributed by atoms with Gasteiger partial charge in [-0.3, -0.25) is 0 Å². The first-order chi connectivity index (χ1) is 7.65. The lowest BCUT2D eigenvalue weighted by Gasteiger charge is -1.98. The van der Waals surface area contributed by atoms with Crippen molar-refractivity contribution < 1.29 is 5.11 Å². The molecule has 0 spiro atoms. The summed E-state index contributed by atoms with van der Waals surface area (Å²) < 4.78 is 0. The van der Waals surface area contributed by atoms with Crippen LogP contribution in [0.15, 0.2) is 24.8 Å². The van der Waals surface area contributed by atoms with Gasteiger partial charge in [0.1, 0.15) is 5.75 Å². The van der Waals surface area contributed by atoms with Crippen LogP contribution in [0.2, 0.25) is 0 Å². The SMILES string of the molecule is C=Cc1cc(O)ccc1C.CC.CCCC. The fourth-order valence-electron chi connectivity index (χ4n) is 0.848. The number of rotatable bonds is 2. The molecule has 0 saturated carbocycles. The van der Waals surface area contributed by atoms with E-state index in [1.807, 2.05) is 26.8 Å². The first-order valence-electron chi connectivity index (χ1n) is 6.07. The number of aromatic hydroxyl groups is 1. The van der Waals surface area contributed by atoms with E-state index >= 15 is 0 Å². The summed E-state index contributed by atoms with van der Waals surface area (Å²) in [6.45, 7) is 14.0. The van der Waals surface area contributed by atoms with E-state index in [9.17, 15) is 0 Å². The van der Waals surface area contributed by atoms with Gasteiger partial charge < -0.3 is 5.11 Å². The zero-order chi connectivity index (χ0) is 13.0. The molecule has 0 unspecified atom stereocenters. The largest absolute Gasteiger partial charge is 0.508 e. The molecule has 1 aromatic carbocycles. The summed E-state index contributed by atoms with van der Waals surface area (Å²) in [5.74, 6) is 0.292. The molecule has 1 aromatic rings. The first-order valence-corrected chi connectivity index (χ1v) is 6.07. The molecular formula is C15H26O. The van der Waals surface area contributed by atoms with Crippen molar-refractivity contribution in [3.8, 4) is 5.75 Å². The fraction of sp³-hybridized carbons (Fsp3) is 0.467. The highest BCUT2D eigenvalue weighted by molar-refractivity contribution is 5.53. The Kier molecular flexibility index (Phi) is 12.7. The molecule has 0 aliphatic heterocycles. The van der Waals surface area contributed by atoms with Gasteiger partial charge in [0, 0.05) is 0 Å². The molecule has 0 saturated heterocycles. The molecule has 0 radical (unpaired) electrons. The monoisotopic (exact) mass is 222 g/mol. The summed E-state index contributed by atoms with van der Waals surface area (Å²) in [5.41, 5.74) is 2.12. The number of benzene rings is 1. The highest BCUT2D eigenvalue weighted by Crippen LogP contribution is 2.16. The smallest absolute Gasteiger partial charge is 0.116 e. The molecular weight excluding hydrogens is 196 g/mol. The lowest BCUT2D eigenvalue weighted by molar-refractivity contribution is 0.475. The average molecular weight is 222 g/mol. The minimum Gasteiger partial charge on any atom is -0.508 e. The Balaban J connectivity index is 0. The van der Waals surface area contributed by atoms with Gasteiger partial charge in [-0.05, 0) is 30.2 Å². The quantitative estimate of drug-likeness (QED) is 0.731. The molecule has 1 N–H and O–H groups in total. The molecule has 0 fully saturated rings. The predicted octanol–water partition coefficient (Wildman–Crippen LogP) is 5.18. The number of hydrogen-bond acceptors (Lipinski definition) is 1. The Bertz CT molecular complexity index is 275. The van der Waals surface area contributed by atoms with Gasteiger partial charge in [0.25, 0.3) is 0 Å². The van der Waals surface area contributed by atoms with Crippen molar-refractivity contribution in [3.63, 3.8) is 0 Å². The van der Waals surface area contributed by atoms with Crippen LogP contribution in [0.3, 0.4) is 0 Å². The molecule has 1 nitrogen and oxygen atoms in total. The normalized spacial score (nSPS) is 8.06. The zero-order valence-electron chi connectivity index (χ0n) is 11.4. The Morgan fingerprint density at radius 2 is 1.69 bits per heavy atom. The van der Waals surface area contributed by atoms with E-state index in [0.717, 1.165) is 11.1 Å². The Labute approximate surface area is 101 Å². The highest BCUT2D eigenvalue weighted by Gasteiger charge is 1.93. The van der Waals surface area contributed by atoms with E-state index in [2.05, 4.69) is 20.4 Å². The van der Waals surface area contributed by atoms with Gasteiger partial charge in [-0.1, -0.05) is 59.3 Å². The molecule has 92 valence electrons. The van der Waals surface area contributed by atoms with Crippen molar-refractivity contribution in [1.82, 2.24) is 0 Å². The Hall–Kier alpha value is -1.24. The lowest BCUT2D eigenvalue weighted by atomic mass is 10.1. The maximum Gasteiger partial charge on any atom is 0.116 e. The Morgan fingerprint density at radius 1 is 1.19 bits per heavy atom. The molecule has 0 aliphatic carbocycles. The first kappa shape index (κ1) is 17.2. The van der Waals surface area contributed by atoms with Crippen LogP contribution in [0, 0.1) is 6.92 Å². The van der Waals surface area contributed by atoms with Gasteiger partial charge in [-0.2, -0.15) is 0 Å². The number of phenolic OH excluding ortho intramolecular Hbond substituents is 1. The van der Waals surface area contributed by atoms with Gasteiger partial charge >= 0.3 is 0 Å². The lowest BCUT2D eigenvalue weighted by Crippen LogP contribution is -1.77. The minimum absolute atomic E-state index is 0.292. The van der Waals surface area contributed by atoms with Crippen LogP contribution in [0.1, 0.15) is 51.7 Å². The van der Waals surface area contributed by atoms with Crippen molar-refractivity contribution in [1.29, 1.82) is 0 Å². The van der Waals surface area contributed by atoms with Crippen molar-refractivity contribution in [3.05, 3.63) is 35.9 Å². The second kappa shape index (κ2) is 11.8. The predicted molar refractivity (Wildman–Crippen MR) is 74.9 cm³/mol. The van der Waals surface area contributed by atoms with Crippen LogP contribution < -0.4 is 0 Å². The maximum atomic E-state index is 9.02. The molecule has 0 aliphatic rings. The van der Waals surface area contributed by atoms with Gasteiger partial charge in [0.15, 0.2) is 0 Å². The van der Waals surface area contributed by atoms with Gasteiger partial charge in [0.2, 0.25) is 0 Å². The van der Waals surface area contributed by atoms with Gasteiger partial charge in [-0.15, -0.1) is 0 Å². The third kappa shape index (κ3) is 8.10.